The van der Waals surface area contributed by atoms with Gasteiger partial charge >= 0.3 is 0 Å². The van der Waals surface area contributed by atoms with E-state index in [1.165, 1.54) is 18.2 Å². The molecule has 0 aliphatic rings. The Hall–Kier alpha value is -2.89. The van der Waals surface area contributed by atoms with Crippen molar-refractivity contribution in [3.63, 3.8) is 0 Å². The van der Waals surface area contributed by atoms with Crippen LogP contribution in [0.2, 0.25) is 0 Å². The fraction of sp³-hybridized carbons (Fsp3) is 0.350. The van der Waals surface area contributed by atoms with Crippen molar-refractivity contribution in [1.82, 2.24) is 0 Å². The van der Waals surface area contributed by atoms with Crippen molar-refractivity contribution in [3.8, 4) is 5.75 Å². The van der Waals surface area contributed by atoms with Crippen LogP contribution in [-0.4, -0.2) is 17.9 Å². The summed E-state index contributed by atoms with van der Waals surface area (Å²) in [6.45, 7) is 8.25. The smallest absolute Gasteiger partial charge is 0.270 e. The van der Waals surface area contributed by atoms with Crippen LogP contribution in [0.5, 0.6) is 5.75 Å². The molecule has 0 saturated carbocycles. The van der Waals surface area contributed by atoms with Crippen molar-refractivity contribution >= 4 is 17.3 Å². The fourth-order valence-electron chi connectivity index (χ4n) is 2.80. The fourth-order valence-corrected chi connectivity index (χ4v) is 2.80. The zero-order chi connectivity index (χ0) is 19.4. The van der Waals surface area contributed by atoms with E-state index in [9.17, 15) is 14.9 Å². The zero-order valence-electron chi connectivity index (χ0n) is 15.7. The van der Waals surface area contributed by atoms with Gasteiger partial charge in [-0.3, -0.25) is 14.9 Å². The number of nitro groups is 1. The summed E-state index contributed by atoms with van der Waals surface area (Å²) >= 11 is 0. The highest BCUT2D eigenvalue weighted by molar-refractivity contribution is 6.04. The quantitative estimate of drug-likeness (QED) is 0.576. The van der Waals surface area contributed by atoms with Gasteiger partial charge in [0.05, 0.1) is 12.0 Å². The molecule has 26 heavy (non-hydrogen) atoms. The summed E-state index contributed by atoms with van der Waals surface area (Å²) < 4.78 is 5.60. The van der Waals surface area contributed by atoms with Crippen LogP contribution in [0, 0.1) is 10.1 Å². The number of anilines is 1. The Balaban J connectivity index is 2.41. The van der Waals surface area contributed by atoms with Gasteiger partial charge in [-0.25, -0.2) is 0 Å². The molecule has 0 bridgehead atoms. The molecule has 0 radical (unpaired) electrons. The van der Waals surface area contributed by atoms with Gasteiger partial charge in [0, 0.05) is 23.4 Å². The van der Waals surface area contributed by atoms with E-state index in [2.05, 4.69) is 33.0 Å². The molecule has 0 unspecified atom stereocenters. The Bertz CT molecular complexity index is 799. The predicted molar refractivity (Wildman–Crippen MR) is 102 cm³/mol. The van der Waals surface area contributed by atoms with Crippen molar-refractivity contribution in [2.75, 3.05) is 12.4 Å². The number of hydrogen-bond donors (Lipinski definition) is 1. The molecule has 1 N–H and O–H groups in total. The van der Waals surface area contributed by atoms with Gasteiger partial charge in [0.15, 0.2) is 0 Å². The van der Waals surface area contributed by atoms with Gasteiger partial charge in [0.1, 0.15) is 5.75 Å². The summed E-state index contributed by atoms with van der Waals surface area (Å²) in [5, 5.41) is 13.8. The Morgan fingerprint density at radius 1 is 1.08 bits per heavy atom. The van der Waals surface area contributed by atoms with Crippen LogP contribution in [0.4, 0.5) is 11.4 Å². The molecule has 6 nitrogen and oxygen atoms in total. The number of methoxy groups -OCH3 is 1. The van der Waals surface area contributed by atoms with E-state index >= 15 is 0 Å². The molecule has 138 valence electrons. The first-order chi connectivity index (χ1) is 12.2. The number of nitrogens with one attached hydrogen (secondary N) is 1. The number of nitrogens with zero attached hydrogens (tertiary/aromatic N) is 1. The van der Waals surface area contributed by atoms with Gasteiger partial charge in [-0.15, -0.1) is 0 Å². The number of nitro benzene ring substituents is 1. The number of rotatable bonds is 6. The zero-order valence-corrected chi connectivity index (χ0v) is 15.7. The SMILES string of the molecule is COc1c(C(C)C)cc(NC(=O)c2cccc([N+](=O)[O-])c2)cc1C(C)C. The molecule has 1 amide bonds. The third kappa shape index (κ3) is 4.20. The first-order valence-corrected chi connectivity index (χ1v) is 8.52. The molecule has 0 aliphatic heterocycles. The second-order valence-electron chi connectivity index (χ2n) is 6.76. The predicted octanol–water partition coefficient (Wildman–Crippen LogP) is 5.10. The lowest BCUT2D eigenvalue weighted by atomic mass is 9.93. The lowest BCUT2D eigenvalue weighted by Crippen LogP contribution is -2.13. The average Bonchev–Trinajstić information content (AvgIpc) is 2.60. The maximum absolute atomic E-state index is 12.5. The van der Waals surface area contributed by atoms with Crippen LogP contribution >= 0.6 is 0 Å². The second-order valence-corrected chi connectivity index (χ2v) is 6.76. The molecule has 2 aromatic carbocycles. The van der Waals surface area contributed by atoms with Crippen LogP contribution in [0.25, 0.3) is 0 Å². The molecule has 0 heterocycles. The van der Waals surface area contributed by atoms with Gasteiger partial charge in [-0.05, 0) is 41.2 Å². The van der Waals surface area contributed by atoms with Crippen LogP contribution in [0.15, 0.2) is 36.4 Å². The highest BCUT2D eigenvalue weighted by Gasteiger charge is 2.18. The number of carbonyl (C=O) groups is 1. The summed E-state index contributed by atoms with van der Waals surface area (Å²) in [6, 6.07) is 9.47. The topological polar surface area (TPSA) is 81.5 Å². The molecule has 0 aliphatic carbocycles. The molecular weight excluding hydrogens is 332 g/mol. The summed E-state index contributed by atoms with van der Waals surface area (Å²) in [7, 11) is 1.65. The molecular formula is C20H24N2O4. The van der Waals surface area contributed by atoms with E-state index in [1.807, 2.05) is 12.1 Å². The summed E-state index contributed by atoms with van der Waals surface area (Å²) in [5.74, 6) is 0.890. The summed E-state index contributed by atoms with van der Waals surface area (Å²) in [5.41, 5.74) is 2.79. The Morgan fingerprint density at radius 3 is 2.12 bits per heavy atom. The van der Waals surface area contributed by atoms with Gasteiger partial charge in [-0.1, -0.05) is 33.8 Å². The van der Waals surface area contributed by atoms with E-state index in [-0.39, 0.29) is 29.0 Å². The van der Waals surface area contributed by atoms with Crippen LogP contribution in [0.3, 0.4) is 0 Å². The lowest BCUT2D eigenvalue weighted by molar-refractivity contribution is -0.384. The largest absolute Gasteiger partial charge is 0.496 e. The third-order valence-electron chi connectivity index (χ3n) is 4.17. The van der Waals surface area contributed by atoms with Crippen LogP contribution in [0.1, 0.15) is 61.0 Å². The van der Waals surface area contributed by atoms with Crippen molar-refractivity contribution in [2.45, 2.75) is 39.5 Å². The monoisotopic (exact) mass is 356 g/mol. The van der Waals surface area contributed by atoms with Crippen molar-refractivity contribution in [1.29, 1.82) is 0 Å². The summed E-state index contributed by atoms with van der Waals surface area (Å²) in [6.07, 6.45) is 0. The maximum atomic E-state index is 12.5. The highest BCUT2D eigenvalue weighted by Crippen LogP contribution is 2.37. The first-order valence-electron chi connectivity index (χ1n) is 8.52. The minimum atomic E-state index is -0.516. The van der Waals surface area contributed by atoms with Gasteiger partial charge in [0.25, 0.3) is 11.6 Å². The number of benzene rings is 2. The minimum Gasteiger partial charge on any atom is -0.496 e. The Labute approximate surface area is 153 Å². The van der Waals surface area contributed by atoms with E-state index in [4.69, 9.17) is 4.74 Å². The van der Waals surface area contributed by atoms with Gasteiger partial charge in [-0.2, -0.15) is 0 Å². The normalized spacial score (nSPS) is 10.9. The van der Waals surface area contributed by atoms with E-state index in [0.717, 1.165) is 16.9 Å². The standard InChI is InChI=1S/C20H24N2O4/c1-12(2)17-10-15(11-18(13(3)4)19(17)26-5)21-20(23)14-7-6-8-16(9-14)22(24)25/h6-13H,1-5H3,(H,21,23). The van der Waals surface area contributed by atoms with Gasteiger partial charge < -0.3 is 10.1 Å². The van der Waals surface area contributed by atoms with Crippen molar-refractivity contribution in [3.05, 3.63) is 63.2 Å². The Morgan fingerprint density at radius 2 is 1.65 bits per heavy atom. The number of amides is 1. The number of ether oxygens (including phenoxy) is 1. The molecule has 0 spiro atoms. The molecule has 0 aromatic heterocycles. The molecule has 0 saturated heterocycles. The average molecular weight is 356 g/mol. The number of carbonyl (C=O) groups excluding carboxylic acids is 1. The van der Waals surface area contributed by atoms with Gasteiger partial charge in [0.2, 0.25) is 0 Å². The van der Waals surface area contributed by atoms with Crippen molar-refractivity contribution in [2.24, 2.45) is 0 Å². The third-order valence-corrected chi connectivity index (χ3v) is 4.17. The second kappa shape index (κ2) is 7.99. The van der Waals surface area contributed by atoms with E-state index < -0.39 is 4.92 Å². The van der Waals surface area contributed by atoms with Crippen molar-refractivity contribution < 1.29 is 14.5 Å². The molecule has 2 rings (SSSR count). The Kier molecular flexibility index (Phi) is 5.97. The number of hydrogen-bond acceptors (Lipinski definition) is 4. The maximum Gasteiger partial charge on any atom is 0.270 e. The van der Waals surface area contributed by atoms with Crippen LogP contribution < -0.4 is 10.1 Å². The molecule has 0 fully saturated rings. The van der Waals surface area contributed by atoms with E-state index in [1.54, 1.807) is 13.2 Å². The summed E-state index contributed by atoms with van der Waals surface area (Å²) in [4.78, 5) is 22.9. The number of non-ortho nitro benzene ring substituents is 1. The molecule has 6 heteroatoms. The lowest BCUT2D eigenvalue weighted by Gasteiger charge is -2.20. The molecule has 2 aromatic rings. The highest BCUT2D eigenvalue weighted by atomic mass is 16.6. The van der Waals surface area contributed by atoms with E-state index in [0.29, 0.717) is 5.69 Å². The minimum absolute atomic E-state index is 0.113. The molecule has 0 atom stereocenters. The first kappa shape index (κ1) is 19.4. The van der Waals surface area contributed by atoms with Crippen LogP contribution in [-0.2, 0) is 0 Å².